The van der Waals surface area contributed by atoms with Crippen LogP contribution in [0.5, 0.6) is 0 Å². The van der Waals surface area contributed by atoms with Crippen LogP contribution in [0.4, 0.5) is 0 Å². The maximum atomic E-state index is 8.49. The molecule has 0 aliphatic rings. The van der Waals surface area contributed by atoms with E-state index in [0.717, 1.165) is 11.1 Å². The maximum absolute atomic E-state index is 8.49. The standard InChI is InChI=1S/C15H22O4/c1-14(15-5-3-2-4-6-15)13-19-12-11-18-10-9-17-8-7-16/h2-6,13,16H,7-12H2,1H3. The predicted octanol–water partition coefficient (Wildman–Crippen LogP) is 2.09. The van der Waals surface area contributed by atoms with E-state index in [0.29, 0.717) is 33.0 Å². The lowest BCUT2D eigenvalue weighted by Crippen LogP contribution is -2.09. The molecule has 4 nitrogen and oxygen atoms in total. The van der Waals surface area contributed by atoms with Gasteiger partial charge in [-0.05, 0) is 18.1 Å². The van der Waals surface area contributed by atoms with Gasteiger partial charge < -0.3 is 19.3 Å². The molecule has 1 rings (SSSR count). The fourth-order valence-electron chi connectivity index (χ4n) is 1.45. The minimum Gasteiger partial charge on any atom is -0.498 e. The Morgan fingerprint density at radius 1 is 1.00 bits per heavy atom. The number of aliphatic hydroxyl groups is 1. The van der Waals surface area contributed by atoms with Gasteiger partial charge in [-0.3, -0.25) is 0 Å². The first-order valence-electron chi connectivity index (χ1n) is 6.44. The first-order chi connectivity index (χ1) is 9.34. The van der Waals surface area contributed by atoms with Crippen LogP contribution in [0.15, 0.2) is 36.6 Å². The zero-order valence-electron chi connectivity index (χ0n) is 11.4. The smallest absolute Gasteiger partial charge is 0.111 e. The van der Waals surface area contributed by atoms with E-state index in [4.69, 9.17) is 19.3 Å². The summed E-state index contributed by atoms with van der Waals surface area (Å²) in [5, 5.41) is 8.49. The van der Waals surface area contributed by atoms with E-state index in [1.165, 1.54) is 0 Å². The van der Waals surface area contributed by atoms with Crippen molar-refractivity contribution in [2.24, 2.45) is 0 Å². The molecule has 0 heterocycles. The van der Waals surface area contributed by atoms with Crippen LogP contribution in [0.3, 0.4) is 0 Å². The quantitative estimate of drug-likeness (QED) is 0.520. The third-order valence-corrected chi connectivity index (χ3v) is 2.44. The molecule has 0 atom stereocenters. The van der Waals surface area contributed by atoms with Gasteiger partial charge in [-0.25, -0.2) is 0 Å². The highest BCUT2D eigenvalue weighted by atomic mass is 16.5. The summed E-state index contributed by atoms with van der Waals surface area (Å²) < 4.78 is 15.8. The van der Waals surface area contributed by atoms with E-state index < -0.39 is 0 Å². The van der Waals surface area contributed by atoms with Crippen LogP contribution in [0.1, 0.15) is 12.5 Å². The Hall–Kier alpha value is -1.36. The third kappa shape index (κ3) is 7.62. The Balaban J connectivity index is 2.04. The van der Waals surface area contributed by atoms with Gasteiger partial charge in [0, 0.05) is 0 Å². The molecule has 0 fully saturated rings. The lowest BCUT2D eigenvalue weighted by molar-refractivity contribution is 0.0204. The normalized spacial score (nSPS) is 11.6. The van der Waals surface area contributed by atoms with Crippen molar-refractivity contribution in [3.63, 3.8) is 0 Å². The molecule has 0 saturated carbocycles. The molecule has 0 aromatic heterocycles. The van der Waals surface area contributed by atoms with Crippen molar-refractivity contribution < 1.29 is 19.3 Å². The topological polar surface area (TPSA) is 47.9 Å². The van der Waals surface area contributed by atoms with Gasteiger partial charge in [0.2, 0.25) is 0 Å². The van der Waals surface area contributed by atoms with Crippen LogP contribution in [0, 0.1) is 0 Å². The molecular weight excluding hydrogens is 244 g/mol. The fourth-order valence-corrected chi connectivity index (χ4v) is 1.45. The number of benzene rings is 1. The molecule has 1 aromatic carbocycles. The van der Waals surface area contributed by atoms with Gasteiger partial charge >= 0.3 is 0 Å². The highest BCUT2D eigenvalue weighted by Gasteiger charge is 1.94. The summed E-state index contributed by atoms with van der Waals surface area (Å²) in [4.78, 5) is 0. The van der Waals surface area contributed by atoms with E-state index in [9.17, 15) is 0 Å². The number of aliphatic hydroxyl groups excluding tert-OH is 1. The van der Waals surface area contributed by atoms with Crippen molar-refractivity contribution in [2.45, 2.75) is 6.92 Å². The first-order valence-corrected chi connectivity index (χ1v) is 6.44. The zero-order valence-corrected chi connectivity index (χ0v) is 11.4. The van der Waals surface area contributed by atoms with Gasteiger partial charge in [0.25, 0.3) is 0 Å². The molecule has 0 spiro atoms. The van der Waals surface area contributed by atoms with Crippen LogP contribution in [0.2, 0.25) is 0 Å². The van der Waals surface area contributed by atoms with Crippen LogP contribution in [0.25, 0.3) is 5.57 Å². The van der Waals surface area contributed by atoms with Crippen LogP contribution < -0.4 is 0 Å². The minimum atomic E-state index is 0.0483. The van der Waals surface area contributed by atoms with Crippen molar-refractivity contribution in [3.05, 3.63) is 42.2 Å². The molecule has 0 bridgehead atoms. The zero-order chi connectivity index (χ0) is 13.8. The average molecular weight is 266 g/mol. The second kappa shape index (κ2) is 10.6. The summed E-state index contributed by atoms with van der Waals surface area (Å²) in [6.07, 6.45) is 1.75. The van der Waals surface area contributed by atoms with Gasteiger partial charge in [-0.1, -0.05) is 30.3 Å². The summed E-state index contributed by atoms with van der Waals surface area (Å²) in [6.45, 7) is 4.49. The molecule has 0 aliphatic carbocycles. The number of hydrogen-bond donors (Lipinski definition) is 1. The molecule has 4 heteroatoms. The molecule has 1 N–H and O–H groups in total. The molecule has 1 aromatic rings. The Kier molecular flexibility index (Phi) is 8.72. The summed E-state index contributed by atoms with van der Waals surface area (Å²) >= 11 is 0. The highest BCUT2D eigenvalue weighted by molar-refractivity contribution is 5.62. The number of allylic oxidation sites excluding steroid dienone is 1. The van der Waals surface area contributed by atoms with Gasteiger partial charge in [0.05, 0.1) is 39.3 Å². The molecule has 106 valence electrons. The van der Waals surface area contributed by atoms with Crippen LogP contribution >= 0.6 is 0 Å². The lowest BCUT2D eigenvalue weighted by Gasteiger charge is -2.06. The molecule has 0 saturated heterocycles. The maximum Gasteiger partial charge on any atom is 0.111 e. The largest absolute Gasteiger partial charge is 0.498 e. The van der Waals surface area contributed by atoms with Gasteiger partial charge in [0.15, 0.2) is 0 Å². The molecule has 0 aliphatic heterocycles. The van der Waals surface area contributed by atoms with Gasteiger partial charge in [-0.2, -0.15) is 0 Å². The minimum absolute atomic E-state index is 0.0483. The first kappa shape index (κ1) is 15.7. The summed E-state index contributed by atoms with van der Waals surface area (Å²) in [5.41, 5.74) is 2.24. The molecule has 19 heavy (non-hydrogen) atoms. The van der Waals surface area contributed by atoms with E-state index in [1.807, 2.05) is 37.3 Å². The van der Waals surface area contributed by atoms with E-state index in [-0.39, 0.29) is 6.61 Å². The Bertz CT molecular complexity index is 348. The van der Waals surface area contributed by atoms with Crippen molar-refractivity contribution in [2.75, 3.05) is 39.6 Å². The monoisotopic (exact) mass is 266 g/mol. The van der Waals surface area contributed by atoms with Crippen molar-refractivity contribution in [3.8, 4) is 0 Å². The Labute approximate surface area is 114 Å². The molecule has 0 unspecified atom stereocenters. The summed E-state index contributed by atoms with van der Waals surface area (Å²) in [7, 11) is 0. The predicted molar refractivity (Wildman–Crippen MR) is 74.8 cm³/mol. The Morgan fingerprint density at radius 3 is 2.32 bits per heavy atom. The van der Waals surface area contributed by atoms with Gasteiger partial charge in [-0.15, -0.1) is 0 Å². The molecular formula is C15H22O4. The van der Waals surface area contributed by atoms with E-state index in [2.05, 4.69) is 0 Å². The molecule has 0 radical (unpaired) electrons. The number of hydrogen-bond acceptors (Lipinski definition) is 4. The SMILES string of the molecule is CC(=COCCOCCOCCO)c1ccccc1. The summed E-state index contributed by atoms with van der Waals surface area (Å²) in [6, 6.07) is 10.1. The van der Waals surface area contributed by atoms with Crippen molar-refractivity contribution in [1.29, 1.82) is 0 Å². The van der Waals surface area contributed by atoms with E-state index in [1.54, 1.807) is 6.26 Å². The third-order valence-electron chi connectivity index (χ3n) is 2.44. The molecule has 0 amide bonds. The highest BCUT2D eigenvalue weighted by Crippen LogP contribution is 2.12. The lowest BCUT2D eigenvalue weighted by atomic mass is 10.1. The Morgan fingerprint density at radius 2 is 1.63 bits per heavy atom. The van der Waals surface area contributed by atoms with Crippen LogP contribution in [-0.2, 0) is 14.2 Å². The van der Waals surface area contributed by atoms with Gasteiger partial charge in [0.1, 0.15) is 6.61 Å². The fraction of sp³-hybridized carbons (Fsp3) is 0.467. The van der Waals surface area contributed by atoms with Crippen LogP contribution in [-0.4, -0.2) is 44.7 Å². The van der Waals surface area contributed by atoms with Crippen molar-refractivity contribution in [1.82, 2.24) is 0 Å². The second-order valence-electron chi connectivity index (χ2n) is 3.99. The van der Waals surface area contributed by atoms with Crippen molar-refractivity contribution >= 4 is 5.57 Å². The second-order valence-corrected chi connectivity index (χ2v) is 3.99. The van der Waals surface area contributed by atoms with E-state index >= 15 is 0 Å². The number of ether oxygens (including phenoxy) is 3. The summed E-state index contributed by atoms with van der Waals surface area (Å²) in [5.74, 6) is 0. The average Bonchev–Trinajstić information content (AvgIpc) is 2.46. The number of rotatable bonds is 10.